The standard InChI is InChI=1S/C19H18N4O4S/c1-3-27-18-9-4-13(10-17(18)23(24)25)11-20-22-19-21-16(12-28-19)14-5-7-15(26-2)8-6-14/h4-12H,3H2,1-2H3,(H,21,22)/b20-11-. The van der Waals surface area contributed by atoms with Crippen LogP contribution in [-0.2, 0) is 0 Å². The molecule has 0 radical (unpaired) electrons. The topological polar surface area (TPSA) is 98.9 Å². The Morgan fingerprint density at radius 2 is 2.07 bits per heavy atom. The van der Waals surface area contributed by atoms with E-state index in [1.807, 2.05) is 29.6 Å². The van der Waals surface area contributed by atoms with Gasteiger partial charge in [-0.1, -0.05) is 0 Å². The molecular formula is C19H18N4O4S. The highest BCUT2D eigenvalue weighted by atomic mass is 32.1. The molecule has 0 unspecified atom stereocenters. The number of hydrazone groups is 1. The highest BCUT2D eigenvalue weighted by Gasteiger charge is 2.15. The van der Waals surface area contributed by atoms with Gasteiger partial charge in [0.2, 0.25) is 5.13 Å². The Balaban J connectivity index is 1.68. The molecule has 0 aliphatic rings. The van der Waals surface area contributed by atoms with Gasteiger partial charge in [0.15, 0.2) is 5.75 Å². The van der Waals surface area contributed by atoms with Crippen molar-refractivity contribution < 1.29 is 14.4 Å². The maximum Gasteiger partial charge on any atom is 0.311 e. The minimum Gasteiger partial charge on any atom is -0.497 e. The number of nitro groups is 1. The molecule has 0 amide bonds. The average molecular weight is 398 g/mol. The smallest absolute Gasteiger partial charge is 0.311 e. The zero-order valence-corrected chi connectivity index (χ0v) is 16.1. The predicted molar refractivity (Wildman–Crippen MR) is 110 cm³/mol. The van der Waals surface area contributed by atoms with E-state index in [1.165, 1.54) is 23.6 Å². The van der Waals surface area contributed by atoms with E-state index in [4.69, 9.17) is 9.47 Å². The molecular weight excluding hydrogens is 380 g/mol. The summed E-state index contributed by atoms with van der Waals surface area (Å²) in [5.74, 6) is 1.02. The van der Waals surface area contributed by atoms with Crippen molar-refractivity contribution in [3.05, 3.63) is 63.5 Å². The van der Waals surface area contributed by atoms with E-state index in [0.717, 1.165) is 17.0 Å². The molecule has 1 aromatic heterocycles. The van der Waals surface area contributed by atoms with Crippen LogP contribution in [0.1, 0.15) is 12.5 Å². The van der Waals surface area contributed by atoms with Crippen LogP contribution in [0.2, 0.25) is 0 Å². The minimum atomic E-state index is -0.474. The highest BCUT2D eigenvalue weighted by Crippen LogP contribution is 2.28. The van der Waals surface area contributed by atoms with Crippen LogP contribution in [0.15, 0.2) is 52.9 Å². The summed E-state index contributed by atoms with van der Waals surface area (Å²) in [7, 11) is 1.62. The van der Waals surface area contributed by atoms with Gasteiger partial charge in [-0.2, -0.15) is 5.10 Å². The van der Waals surface area contributed by atoms with Crippen molar-refractivity contribution in [1.29, 1.82) is 0 Å². The van der Waals surface area contributed by atoms with Crippen LogP contribution in [0, 0.1) is 10.1 Å². The quantitative estimate of drug-likeness (QED) is 0.339. The molecule has 0 fully saturated rings. The fraction of sp³-hybridized carbons (Fsp3) is 0.158. The van der Waals surface area contributed by atoms with Crippen molar-refractivity contribution in [3.8, 4) is 22.8 Å². The molecule has 0 aliphatic carbocycles. The summed E-state index contributed by atoms with van der Waals surface area (Å²) >= 11 is 1.41. The second-order valence-corrected chi connectivity index (χ2v) is 6.41. The van der Waals surface area contributed by atoms with Gasteiger partial charge in [0.1, 0.15) is 5.75 Å². The number of benzene rings is 2. The maximum atomic E-state index is 11.2. The molecule has 9 heteroatoms. The zero-order chi connectivity index (χ0) is 19.9. The third kappa shape index (κ3) is 4.63. The predicted octanol–water partition coefficient (Wildman–Crippen LogP) is 4.57. The van der Waals surface area contributed by atoms with Crippen LogP contribution in [0.4, 0.5) is 10.8 Å². The number of methoxy groups -OCH3 is 1. The van der Waals surface area contributed by atoms with E-state index < -0.39 is 4.92 Å². The average Bonchev–Trinajstić information content (AvgIpc) is 3.18. The number of hydrogen-bond acceptors (Lipinski definition) is 8. The van der Waals surface area contributed by atoms with E-state index >= 15 is 0 Å². The van der Waals surface area contributed by atoms with E-state index in [1.54, 1.807) is 26.2 Å². The van der Waals surface area contributed by atoms with Gasteiger partial charge in [-0.05, 0) is 43.3 Å². The van der Waals surface area contributed by atoms with Gasteiger partial charge in [0.05, 0.1) is 30.5 Å². The molecule has 1 N–H and O–H groups in total. The molecule has 0 spiro atoms. The van der Waals surface area contributed by atoms with Gasteiger partial charge < -0.3 is 9.47 Å². The van der Waals surface area contributed by atoms with E-state index in [0.29, 0.717) is 17.3 Å². The van der Waals surface area contributed by atoms with Gasteiger partial charge >= 0.3 is 5.69 Å². The monoisotopic (exact) mass is 398 g/mol. The van der Waals surface area contributed by atoms with Crippen LogP contribution in [0.3, 0.4) is 0 Å². The molecule has 2 aromatic carbocycles. The third-order valence-electron chi connectivity index (χ3n) is 3.74. The molecule has 8 nitrogen and oxygen atoms in total. The van der Waals surface area contributed by atoms with Crippen molar-refractivity contribution in [3.63, 3.8) is 0 Å². The van der Waals surface area contributed by atoms with Crippen LogP contribution in [-0.4, -0.2) is 29.8 Å². The number of nitrogens with one attached hydrogen (secondary N) is 1. The lowest BCUT2D eigenvalue weighted by molar-refractivity contribution is -0.385. The summed E-state index contributed by atoms with van der Waals surface area (Å²) in [6.45, 7) is 2.13. The number of hydrogen-bond donors (Lipinski definition) is 1. The second kappa shape index (κ2) is 8.96. The Bertz CT molecular complexity index is 986. The van der Waals surface area contributed by atoms with Crippen LogP contribution < -0.4 is 14.9 Å². The van der Waals surface area contributed by atoms with Gasteiger partial charge in [0.25, 0.3) is 0 Å². The molecule has 0 atom stereocenters. The molecule has 3 rings (SSSR count). The Morgan fingerprint density at radius 1 is 1.29 bits per heavy atom. The molecule has 0 saturated carbocycles. The SMILES string of the molecule is CCOc1ccc(/C=N\Nc2nc(-c3ccc(OC)cc3)cs2)cc1[N+](=O)[O-]. The number of thiazole rings is 1. The Morgan fingerprint density at radius 3 is 2.75 bits per heavy atom. The molecule has 0 aliphatic heterocycles. The first kappa shape index (κ1) is 19.3. The first-order chi connectivity index (χ1) is 13.6. The lowest BCUT2D eigenvalue weighted by Gasteiger charge is -2.04. The summed E-state index contributed by atoms with van der Waals surface area (Å²) in [5, 5.41) is 17.8. The van der Waals surface area contributed by atoms with Gasteiger partial charge in [-0.25, -0.2) is 4.98 Å². The first-order valence-corrected chi connectivity index (χ1v) is 9.29. The number of nitrogens with zero attached hydrogens (tertiary/aromatic N) is 3. The summed E-state index contributed by atoms with van der Waals surface area (Å²) < 4.78 is 10.4. The van der Waals surface area contributed by atoms with E-state index in [9.17, 15) is 10.1 Å². The van der Waals surface area contributed by atoms with Crippen molar-refractivity contribution in [2.24, 2.45) is 5.10 Å². The summed E-state index contributed by atoms with van der Waals surface area (Å²) in [4.78, 5) is 15.2. The van der Waals surface area contributed by atoms with E-state index in [-0.39, 0.29) is 11.4 Å². The van der Waals surface area contributed by atoms with Crippen molar-refractivity contribution in [2.75, 3.05) is 19.1 Å². The number of anilines is 1. The lowest BCUT2D eigenvalue weighted by Crippen LogP contribution is -1.99. The second-order valence-electron chi connectivity index (χ2n) is 5.55. The number of aromatic nitrogens is 1. The Hall–Kier alpha value is -3.46. The van der Waals surface area contributed by atoms with Crippen molar-refractivity contribution in [2.45, 2.75) is 6.92 Å². The zero-order valence-electron chi connectivity index (χ0n) is 15.3. The van der Waals surface area contributed by atoms with Crippen molar-refractivity contribution >= 4 is 28.4 Å². The third-order valence-corrected chi connectivity index (χ3v) is 4.49. The molecule has 28 heavy (non-hydrogen) atoms. The Kier molecular flexibility index (Phi) is 6.18. The van der Waals surface area contributed by atoms with Crippen LogP contribution in [0.5, 0.6) is 11.5 Å². The largest absolute Gasteiger partial charge is 0.497 e. The number of rotatable bonds is 8. The molecule has 3 aromatic rings. The molecule has 1 heterocycles. The van der Waals surface area contributed by atoms with Crippen molar-refractivity contribution in [1.82, 2.24) is 4.98 Å². The number of nitro benzene ring substituents is 1. The fourth-order valence-electron chi connectivity index (χ4n) is 2.42. The molecule has 0 saturated heterocycles. The summed E-state index contributed by atoms with van der Waals surface area (Å²) in [5.41, 5.74) is 5.12. The minimum absolute atomic E-state index is 0.0955. The fourth-order valence-corrected chi connectivity index (χ4v) is 3.08. The van der Waals surface area contributed by atoms with Gasteiger partial charge in [-0.15, -0.1) is 11.3 Å². The van der Waals surface area contributed by atoms with Crippen LogP contribution in [0.25, 0.3) is 11.3 Å². The molecule has 144 valence electrons. The Labute approximate surface area is 165 Å². The summed E-state index contributed by atoms with van der Waals surface area (Å²) in [6, 6.07) is 12.3. The van der Waals surface area contributed by atoms with Crippen LogP contribution >= 0.6 is 11.3 Å². The van der Waals surface area contributed by atoms with Gasteiger partial charge in [-0.3, -0.25) is 15.5 Å². The van der Waals surface area contributed by atoms with Gasteiger partial charge in [0, 0.05) is 22.6 Å². The normalized spacial score (nSPS) is 10.8. The lowest BCUT2D eigenvalue weighted by atomic mass is 10.2. The van der Waals surface area contributed by atoms with E-state index in [2.05, 4.69) is 15.5 Å². The molecule has 0 bridgehead atoms. The first-order valence-electron chi connectivity index (χ1n) is 8.41. The summed E-state index contributed by atoms with van der Waals surface area (Å²) in [6.07, 6.45) is 1.50. The highest BCUT2D eigenvalue weighted by molar-refractivity contribution is 7.14. The number of ether oxygens (including phenoxy) is 2. The maximum absolute atomic E-state index is 11.2.